The summed E-state index contributed by atoms with van der Waals surface area (Å²) >= 11 is 0. The van der Waals surface area contributed by atoms with E-state index in [1.165, 1.54) is 0 Å². The molecular formula is C19H23N3O4. The number of aryl methyl sites for hydroxylation is 1. The molecule has 1 aliphatic heterocycles. The minimum absolute atomic E-state index is 0.0277. The van der Waals surface area contributed by atoms with Crippen LogP contribution >= 0.6 is 0 Å². The van der Waals surface area contributed by atoms with Gasteiger partial charge in [-0.25, -0.2) is 4.98 Å². The Labute approximate surface area is 151 Å². The zero-order valence-corrected chi connectivity index (χ0v) is 14.9. The number of hydrogen-bond acceptors (Lipinski definition) is 5. The fourth-order valence-electron chi connectivity index (χ4n) is 3.88. The third-order valence-electron chi connectivity index (χ3n) is 5.44. The average molecular weight is 357 g/mol. The van der Waals surface area contributed by atoms with Gasteiger partial charge in [-0.2, -0.15) is 0 Å². The van der Waals surface area contributed by atoms with Crippen molar-refractivity contribution in [3.63, 3.8) is 0 Å². The quantitative estimate of drug-likeness (QED) is 0.882. The molecule has 1 saturated heterocycles. The summed E-state index contributed by atoms with van der Waals surface area (Å²) in [6.45, 7) is 2.48. The summed E-state index contributed by atoms with van der Waals surface area (Å²) in [4.78, 5) is 30.8. The van der Waals surface area contributed by atoms with Gasteiger partial charge in [0.2, 0.25) is 0 Å². The normalized spacial score (nSPS) is 20.5. The standard InChI is InChI=1S/C19H23N3O4/c1-11-17-14(10-15(12-5-6-12)20-18(17)26-21-11)19(25)22-9-3-2-4-13(22)7-8-16(23)24/h10,12-13H,2-9H2,1H3,(H,23,24). The number of carboxylic acid groups (broad SMARTS) is 1. The summed E-state index contributed by atoms with van der Waals surface area (Å²) in [7, 11) is 0. The van der Waals surface area contributed by atoms with Gasteiger partial charge in [-0.3, -0.25) is 9.59 Å². The van der Waals surface area contributed by atoms with Crippen LogP contribution in [0.4, 0.5) is 0 Å². The van der Waals surface area contributed by atoms with Crippen LogP contribution in [0.2, 0.25) is 0 Å². The molecular weight excluding hydrogens is 334 g/mol. The highest BCUT2D eigenvalue weighted by Crippen LogP contribution is 2.41. The number of carboxylic acids is 1. The van der Waals surface area contributed by atoms with Crippen molar-refractivity contribution in [3.05, 3.63) is 23.0 Å². The second kappa shape index (κ2) is 6.70. The van der Waals surface area contributed by atoms with Crippen molar-refractivity contribution in [2.75, 3.05) is 6.54 Å². The Morgan fingerprint density at radius 1 is 1.31 bits per heavy atom. The lowest BCUT2D eigenvalue weighted by Gasteiger charge is -2.36. The van der Waals surface area contributed by atoms with Crippen LogP contribution in [-0.2, 0) is 4.79 Å². The Morgan fingerprint density at radius 3 is 2.85 bits per heavy atom. The van der Waals surface area contributed by atoms with Gasteiger partial charge in [-0.15, -0.1) is 0 Å². The van der Waals surface area contributed by atoms with Gasteiger partial charge in [0, 0.05) is 30.6 Å². The van der Waals surface area contributed by atoms with Crippen molar-refractivity contribution >= 4 is 23.0 Å². The number of pyridine rings is 1. The number of piperidine rings is 1. The first-order valence-electron chi connectivity index (χ1n) is 9.34. The van der Waals surface area contributed by atoms with Gasteiger partial charge in [-0.1, -0.05) is 5.16 Å². The Bertz CT molecular complexity index is 856. The molecule has 1 unspecified atom stereocenters. The van der Waals surface area contributed by atoms with E-state index in [2.05, 4.69) is 10.1 Å². The second-order valence-electron chi connectivity index (χ2n) is 7.40. The maximum atomic E-state index is 13.4. The van der Waals surface area contributed by atoms with E-state index in [0.29, 0.717) is 41.2 Å². The van der Waals surface area contributed by atoms with E-state index in [0.717, 1.165) is 37.8 Å². The van der Waals surface area contributed by atoms with Crippen LogP contribution in [0.5, 0.6) is 0 Å². The number of hydrogen-bond donors (Lipinski definition) is 1. The van der Waals surface area contributed by atoms with Crippen LogP contribution in [0, 0.1) is 6.92 Å². The van der Waals surface area contributed by atoms with Crippen molar-refractivity contribution in [2.45, 2.75) is 63.8 Å². The molecule has 2 aromatic heterocycles. The highest BCUT2D eigenvalue weighted by molar-refractivity contribution is 6.06. The molecule has 7 heteroatoms. The number of aliphatic carboxylic acids is 1. The highest BCUT2D eigenvalue weighted by atomic mass is 16.5. The molecule has 1 atom stereocenters. The monoisotopic (exact) mass is 357 g/mol. The molecule has 0 radical (unpaired) electrons. The SMILES string of the molecule is Cc1noc2nc(C3CC3)cc(C(=O)N3CCCCC3CCC(=O)O)c12. The molecule has 1 saturated carbocycles. The van der Waals surface area contributed by atoms with Crippen molar-refractivity contribution in [3.8, 4) is 0 Å². The summed E-state index contributed by atoms with van der Waals surface area (Å²) < 4.78 is 5.34. The lowest BCUT2D eigenvalue weighted by atomic mass is 9.96. The van der Waals surface area contributed by atoms with Crippen LogP contribution in [0.1, 0.15) is 72.6 Å². The van der Waals surface area contributed by atoms with Gasteiger partial charge in [-0.05, 0) is 51.5 Å². The van der Waals surface area contributed by atoms with E-state index in [1.54, 1.807) is 0 Å². The number of amides is 1. The summed E-state index contributed by atoms with van der Waals surface area (Å²) in [5.41, 5.74) is 2.58. The first-order valence-corrected chi connectivity index (χ1v) is 9.34. The molecule has 7 nitrogen and oxygen atoms in total. The van der Waals surface area contributed by atoms with E-state index < -0.39 is 5.97 Å². The van der Waals surface area contributed by atoms with E-state index in [-0.39, 0.29) is 18.4 Å². The number of fused-ring (bicyclic) bond motifs is 1. The molecule has 3 heterocycles. The van der Waals surface area contributed by atoms with E-state index in [4.69, 9.17) is 9.63 Å². The Kier molecular flexibility index (Phi) is 4.38. The largest absolute Gasteiger partial charge is 0.481 e. The van der Waals surface area contributed by atoms with E-state index in [1.807, 2.05) is 17.9 Å². The number of nitrogens with zero attached hydrogens (tertiary/aromatic N) is 3. The third kappa shape index (κ3) is 3.18. The Morgan fingerprint density at radius 2 is 2.12 bits per heavy atom. The predicted molar refractivity (Wildman–Crippen MR) is 94.1 cm³/mol. The summed E-state index contributed by atoms with van der Waals surface area (Å²) in [6.07, 6.45) is 5.58. The third-order valence-corrected chi connectivity index (χ3v) is 5.44. The van der Waals surface area contributed by atoms with Gasteiger partial charge >= 0.3 is 5.97 Å². The number of carbonyl (C=O) groups excluding carboxylic acids is 1. The van der Waals surface area contributed by atoms with Crippen LogP contribution in [0.3, 0.4) is 0 Å². The molecule has 138 valence electrons. The van der Waals surface area contributed by atoms with Crippen molar-refractivity contribution < 1.29 is 19.2 Å². The second-order valence-corrected chi connectivity index (χ2v) is 7.40. The molecule has 1 N–H and O–H groups in total. The van der Waals surface area contributed by atoms with E-state index >= 15 is 0 Å². The zero-order chi connectivity index (χ0) is 18.3. The van der Waals surface area contributed by atoms with E-state index in [9.17, 15) is 9.59 Å². The molecule has 0 aromatic carbocycles. The zero-order valence-electron chi connectivity index (χ0n) is 14.9. The molecule has 2 aliphatic rings. The maximum Gasteiger partial charge on any atom is 0.303 e. The highest BCUT2D eigenvalue weighted by Gasteiger charge is 2.32. The predicted octanol–water partition coefficient (Wildman–Crippen LogP) is 3.27. The lowest BCUT2D eigenvalue weighted by Crippen LogP contribution is -2.44. The maximum absolute atomic E-state index is 13.4. The smallest absolute Gasteiger partial charge is 0.303 e. The minimum atomic E-state index is -0.819. The molecule has 1 aliphatic carbocycles. The molecule has 1 amide bonds. The molecule has 0 spiro atoms. The fourth-order valence-corrected chi connectivity index (χ4v) is 3.88. The van der Waals surface area contributed by atoms with Gasteiger partial charge in [0.15, 0.2) is 0 Å². The lowest BCUT2D eigenvalue weighted by molar-refractivity contribution is -0.137. The summed E-state index contributed by atoms with van der Waals surface area (Å²) in [5, 5.41) is 13.7. The Balaban J connectivity index is 1.69. The average Bonchev–Trinajstić information content (AvgIpc) is 3.43. The number of rotatable bonds is 5. The summed E-state index contributed by atoms with van der Waals surface area (Å²) in [6, 6.07) is 1.87. The number of carbonyl (C=O) groups is 2. The molecule has 26 heavy (non-hydrogen) atoms. The molecule has 4 rings (SSSR count). The first-order chi connectivity index (χ1) is 12.5. The topological polar surface area (TPSA) is 96.5 Å². The first kappa shape index (κ1) is 17.0. The van der Waals surface area contributed by atoms with Crippen LogP contribution < -0.4 is 0 Å². The van der Waals surface area contributed by atoms with Gasteiger partial charge in [0.1, 0.15) is 0 Å². The van der Waals surface area contributed by atoms with Crippen molar-refractivity contribution in [1.82, 2.24) is 15.0 Å². The Hall–Kier alpha value is -2.44. The van der Waals surface area contributed by atoms with Gasteiger partial charge < -0.3 is 14.5 Å². The number of aromatic nitrogens is 2. The van der Waals surface area contributed by atoms with Crippen LogP contribution in [-0.4, -0.2) is 44.6 Å². The fraction of sp³-hybridized carbons (Fsp3) is 0.579. The molecule has 0 bridgehead atoms. The number of likely N-dealkylation sites (tertiary alicyclic amines) is 1. The molecule has 2 aromatic rings. The van der Waals surface area contributed by atoms with Crippen LogP contribution in [0.25, 0.3) is 11.1 Å². The van der Waals surface area contributed by atoms with Crippen molar-refractivity contribution in [2.24, 2.45) is 0 Å². The van der Waals surface area contributed by atoms with Gasteiger partial charge in [0.05, 0.1) is 16.6 Å². The van der Waals surface area contributed by atoms with Gasteiger partial charge in [0.25, 0.3) is 11.6 Å². The minimum Gasteiger partial charge on any atom is -0.481 e. The van der Waals surface area contributed by atoms with Crippen molar-refractivity contribution in [1.29, 1.82) is 0 Å². The molecule has 2 fully saturated rings. The summed E-state index contributed by atoms with van der Waals surface area (Å²) in [5.74, 6) is -0.471. The van der Waals surface area contributed by atoms with Crippen LogP contribution in [0.15, 0.2) is 10.6 Å².